The van der Waals surface area contributed by atoms with Crippen molar-refractivity contribution >= 4 is 5.97 Å². The molecule has 0 N–H and O–H groups in total. The molecule has 0 aliphatic carbocycles. The maximum absolute atomic E-state index is 9.63. The number of carbonyl (C=O) groups is 1. The Balaban J connectivity index is 2.83. The molecule has 3 nitrogen and oxygen atoms in total. The monoisotopic (exact) mass is 154 g/mol. The Morgan fingerprint density at radius 2 is 2.50 bits per heavy atom. The summed E-state index contributed by atoms with van der Waals surface area (Å²) in [6.45, 7) is 1.20. The summed E-state index contributed by atoms with van der Waals surface area (Å²) in [5.41, 5.74) is 0. The van der Waals surface area contributed by atoms with Gasteiger partial charge in [0.2, 0.25) is 0 Å². The van der Waals surface area contributed by atoms with Crippen molar-refractivity contribution in [2.24, 2.45) is 0 Å². The van der Waals surface area contributed by atoms with Gasteiger partial charge in [0.25, 0.3) is 0 Å². The van der Waals surface area contributed by atoms with Gasteiger partial charge in [-0.2, -0.15) is 0 Å². The van der Waals surface area contributed by atoms with Crippen molar-refractivity contribution in [3.05, 3.63) is 0 Å². The predicted molar refractivity (Wildman–Crippen MR) is 11.8 cm³/mol. The van der Waals surface area contributed by atoms with Crippen molar-refractivity contribution in [3.8, 4) is 0 Å². The molecule has 0 heterocycles. The van der Waals surface area contributed by atoms with Gasteiger partial charge >= 0.3 is 21.5 Å². The van der Waals surface area contributed by atoms with Gasteiger partial charge in [-0.15, -0.1) is 0 Å². The Bertz CT molecular complexity index is 52.8. The number of hydrogen-bond donors (Lipinski definition) is 0. The number of carbonyl (C=O) groups excluding carboxylic acids is 1. The number of hydrogen-bond acceptors (Lipinski definition) is 3. The van der Waals surface area contributed by atoms with E-state index in [4.69, 9.17) is 0 Å². The van der Waals surface area contributed by atoms with Crippen molar-refractivity contribution in [1.82, 2.24) is 0 Å². The van der Waals surface area contributed by atoms with E-state index in [9.17, 15) is 8.99 Å². The minimum Gasteiger partial charge on any atom is -0.541 e. The van der Waals surface area contributed by atoms with Crippen LogP contribution in [-0.2, 0) is 8.62 Å². The molecule has 0 aromatic rings. The van der Waals surface area contributed by atoms with E-state index in [1.165, 1.54) is 6.92 Å². The van der Waals surface area contributed by atoms with E-state index in [2.05, 4.69) is 3.83 Å². The average Bonchev–Trinajstić information content (AvgIpc) is 1.35. The zero-order valence-corrected chi connectivity index (χ0v) is 4.69. The molecule has 0 atom stereocenters. The highest BCUT2D eigenvalue weighted by Crippen LogP contribution is 1.67. The first kappa shape index (κ1) is 5.91. The molecular weight excluding hydrogens is 152 g/mol. The molecule has 4 heteroatoms. The summed E-state index contributed by atoms with van der Waals surface area (Å²) < 4.78 is 13.2. The molecule has 0 saturated heterocycles. The largest absolute Gasteiger partial charge is 0.541 e. The molecule has 0 fully saturated rings. The van der Waals surface area contributed by atoms with Crippen molar-refractivity contribution in [1.29, 1.82) is 0 Å². The molecule has 0 spiro atoms. The fraction of sp³-hybridized carbons (Fsp3) is 0.500. The first-order chi connectivity index (χ1) is 2.77. The highest BCUT2D eigenvalue weighted by Gasteiger charge is 1.95. The molecule has 0 radical (unpaired) electrons. The molecule has 0 unspecified atom stereocenters. The lowest BCUT2D eigenvalue weighted by Gasteiger charge is -1.74. The van der Waals surface area contributed by atoms with Crippen LogP contribution in [0.2, 0.25) is 0 Å². The van der Waals surface area contributed by atoms with Crippen molar-refractivity contribution in [2.75, 3.05) is 0 Å². The van der Waals surface area contributed by atoms with Gasteiger partial charge in [-0.25, -0.2) is 8.62 Å². The molecule has 6 heavy (non-hydrogen) atoms. The SMILES string of the molecule is CC(=O)O[Br+][O-]. The number of rotatable bonds is 1. The normalized spacial score (nSPS) is 7.67. The second-order valence-electron chi connectivity index (χ2n) is 0.632. The van der Waals surface area contributed by atoms with E-state index >= 15 is 0 Å². The van der Waals surface area contributed by atoms with Gasteiger partial charge in [0.15, 0.2) is 0 Å². The molecule has 0 aliphatic rings. The van der Waals surface area contributed by atoms with Crippen molar-refractivity contribution in [3.63, 3.8) is 0 Å². The number of halogens is 1. The Morgan fingerprint density at radius 3 is 2.50 bits per heavy atom. The van der Waals surface area contributed by atoms with Crippen LogP contribution in [0.1, 0.15) is 6.92 Å². The second-order valence-corrected chi connectivity index (χ2v) is 1.22. The molecule has 0 bridgehead atoms. The summed E-state index contributed by atoms with van der Waals surface area (Å²) in [5, 5.41) is 0. The predicted octanol–water partition coefficient (Wildman–Crippen LogP) is -1.18. The molecule has 0 amide bonds. The third-order valence-electron chi connectivity index (χ3n) is 0.140. The van der Waals surface area contributed by atoms with Crippen LogP contribution in [0.25, 0.3) is 0 Å². The zero-order chi connectivity index (χ0) is 4.99. The average molecular weight is 155 g/mol. The molecular formula is C2H3BrO3. The standard InChI is InChI=1S/C2H3BrO3/c1-2(4)6-3-5/h1H3. The van der Waals surface area contributed by atoms with Gasteiger partial charge in [-0.1, -0.05) is 0 Å². The van der Waals surface area contributed by atoms with Crippen LogP contribution < -0.4 is 4.20 Å². The summed E-state index contributed by atoms with van der Waals surface area (Å²) in [7, 11) is 0. The Labute approximate surface area is 42.1 Å². The first-order valence-corrected chi connectivity index (χ1v) is 2.51. The van der Waals surface area contributed by atoms with E-state index in [0.717, 1.165) is 0 Å². The third kappa shape index (κ3) is 3.91. The Kier molecular flexibility index (Phi) is 3.07. The second kappa shape index (κ2) is 3.11. The minimum absolute atomic E-state index is 0.509. The van der Waals surface area contributed by atoms with E-state index < -0.39 is 21.5 Å². The summed E-state index contributed by atoms with van der Waals surface area (Å²) >= 11 is -0.986. The fourth-order valence-electron chi connectivity index (χ4n) is 0.0444. The van der Waals surface area contributed by atoms with E-state index in [1.807, 2.05) is 0 Å². The molecule has 0 aromatic carbocycles. The molecule has 0 aromatic heterocycles. The van der Waals surface area contributed by atoms with Gasteiger partial charge in [0.05, 0.1) is 0 Å². The quantitative estimate of drug-likeness (QED) is 0.479. The van der Waals surface area contributed by atoms with Crippen molar-refractivity contribution < 1.29 is 28.4 Å². The highest BCUT2D eigenvalue weighted by molar-refractivity contribution is 5.64. The Morgan fingerprint density at radius 1 is 2.00 bits per heavy atom. The highest BCUT2D eigenvalue weighted by atomic mass is 79.9. The smallest absolute Gasteiger partial charge is 0.484 e. The van der Waals surface area contributed by atoms with Gasteiger partial charge in [0, 0.05) is 6.92 Å². The van der Waals surface area contributed by atoms with Crippen LogP contribution in [0, 0.1) is 15.5 Å². The third-order valence-corrected chi connectivity index (χ3v) is 0.728. The van der Waals surface area contributed by atoms with Gasteiger partial charge in [0.1, 0.15) is 0 Å². The zero-order valence-electron chi connectivity index (χ0n) is 3.10. The van der Waals surface area contributed by atoms with Crippen LogP contribution >= 0.6 is 0 Å². The molecule has 0 rings (SSSR count). The van der Waals surface area contributed by atoms with Crippen LogP contribution in [0.5, 0.6) is 0 Å². The van der Waals surface area contributed by atoms with Crippen LogP contribution in [-0.4, -0.2) is 5.97 Å². The van der Waals surface area contributed by atoms with Crippen LogP contribution in [0.4, 0.5) is 0 Å². The summed E-state index contributed by atoms with van der Waals surface area (Å²) in [5.74, 6) is -0.509. The maximum atomic E-state index is 9.63. The lowest BCUT2D eigenvalue weighted by molar-refractivity contribution is -1.26. The molecule has 0 saturated carbocycles. The van der Waals surface area contributed by atoms with Gasteiger partial charge in [-0.05, 0) is 0 Å². The summed E-state index contributed by atoms with van der Waals surface area (Å²) in [6, 6.07) is 0. The van der Waals surface area contributed by atoms with E-state index in [-0.39, 0.29) is 0 Å². The van der Waals surface area contributed by atoms with E-state index in [0.29, 0.717) is 0 Å². The summed E-state index contributed by atoms with van der Waals surface area (Å²) in [4.78, 5) is 9.63. The van der Waals surface area contributed by atoms with Crippen molar-refractivity contribution in [2.45, 2.75) is 6.92 Å². The van der Waals surface area contributed by atoms with Gasteiger partial charge < -0.3 is 4.20 Å². The van der Waals surface area contributed by atoms with Crippen LogP contribution in [0.15, 0.2) is 0 Å². The van der Waals surface area contributed by atoms with Crippen LogP contribution in [0.3, 0.4) is 0 Å². The molecule has 36 valence electrons. The minimum atomic E-state index is -0.986. The Hall–Kier alpha value is -0.0900. The van der Waals surface area contributed by atoms with Gasteiger partial charge in [-0.3, -0.25) is 0 Å². The fourth-order valence-corrected chi connectivity index (χ4v) is 0.230. The lowest BCUT2D eigenvalue weighted by atomic mass is 10.9. The summed E-state index contributed by atoms with van der Waals surface area (Å²) in [6.07, 6.45) is 0. The maximum Gasteiger partial charge on any atom is 0.484 e. The first-order valence-electron chi connectivity index (χ1n) is 1.22. The van der Waals surface area contributed by atoms with E-state index in [1.54, 1.807) is 0 Å². The lowest BCUT2D eigenvalue weighted by Crippen LogP contribution is -2.07. The topological polar surface area (TPSA) is 49.4 Å². The molecule has 0 aliphatic heterocycles.